The third kappa shape index (κ3) is 5.39. The van der Waals surface area contributed by atoms with Crippen LogP contribution in [0, 0.1) is 0 Å². The molecule has 1 aliphatic rings. The molecule has 1 unspecified atom stereocenters. The van der Waals surface area contributed by atoms with E-state index in [0.717, 1.165) is 37.1 Å². The Hall–Kier alpha value is -1.72. The molecule has 0 aromatic heterocycles. The van der Waals surface area contributed by atoms with Crippen molar-refractivity contribution >= 4 is 0 Å². The van der Waals surface area contributed by atoms with Gasteiger partial charge in [-0.05, 0) is 48.5 Å². The van der Waals surface area contributed by atoms with Crippen LogP contribution >= 0.6 is 0 Å². The van der Waals surface area contributed by atoms with Gasteiger partial charge < -0.3 is 19.8 Å². The van der Waals surface area contributed by atoms with Crippen molar-refractivity contribution in [2.24, 2.45) is 0 Å². The van der Waals surface area contributed by atoms with E-state index in [2.05, 4.69) is 17.0 Å². The number of piperidine rings is 1. The molecule has 140 valence electrons. The molecule has 2 aromatic rings. The summed E-state index contributed by atoms with van der Waals surface area (Å²) in [7, 11) is 0. The predicted molar refractivity (Wildman–Crippen MR) is 103 cm³/mol. The van der Waals surface area contributed by atoms with Crippen molar-refractivity contribution in [2.75, 3.05) is 26.2 Å². The van der Waals surface area contributed by atoms with E-state index in [0.29, 0.717) is 25.7 Å². The molecule has 0 spiro atoms. The number of aliphatic hydroxyl groups is 2. The van der Waals surface area contributed by atoms with E-state index in [9.17, 15) is 10.2 Å². The molecule has 1 fully saturated rings. The standard InChI is InChI=1S/C22H29NO3/c24-15-20-8-4-5-9-22(20)19-10-12-23(13-11-19)14-21(25)17-26-16-18-6-2-1-3-7-18/h1-9,19,21,24-25H,10-17H2. The van der Waals surface area contributed by atoms with Crippen LogP contribution in [-0.2, 0) is 18.0 Å². The van der Waals surface area contributed by atoms with Gasteiger partial charge in [0.25, 0.3) is 0 Å². The highest BCUT2D eigenvalue weighted by Crippen LogP contribution is 2.30. The molecule has 0 radical (unpaired) electrons. The first-order valence-electron chi connectivity index (χ1n) is 9.47. The molecule has 0 saturated carbocycles. The normalized spacial score (nSPS) is 17.3. The zero-order chi connectivity index (χ0) is 18.2. The van der Waals surface area contributed by atoms with Crippen molar-refractivity contribution in [3.8, 4) is 0 Å². The Bertz CT molecular complexity index is 653. The molecule has 4 nitrogen and oxygen atoms in total. The zero-order valence-electron chi connectivity index (χ0n) is 15.3. The summed E-state index contributed by atoms with van der Waals surface area (Å²) in [5.41, 5.74) is 3.45. The van der Waals surface area contributed by atoms with Gasteiger partial charge in [-0.25, -0.2) is 0 Å². The molecule has 1 atom stereocenters. The van der Waals surface area contributed by atoms with Crippen molar-refractivity contribution in [2.45, 2.75) is 38.1 Å². The predicted octanol–water partition coefficient (Wildman–Crippen LogP) is 2.94. The summed E-state index contributed by atoms with van der Waals surface area (Å²) in [5.74, 6) is 0.501. The maximum absolute atomic E-state index is 10.2. The van der Waals surface area contributed by atoms with Crippen molar-refractivity contribution in [1.29, 1.82) is 0 Å². The van der Waals surface area contributed by atoms with Crippen molar-refractivity contribution in [3.63, 3.8) is 0 Å². The van der Waals surface area contributed by atoms with Crippen LogP contribution in [0.3, 0.4) is 0 Å². The van der Waals surface area contributed by atoms with E-state index in [1.54, 1.807) is 0 Å². The summed E-state index contributed by atoms with van der Waals surface area (Å²) in [5, 5.41) is 19.8. The number of rotatable bonds is 8. The number of likely N-dealkylation sites (tertiary alicyclic amines) is 1. The minimum atomic E-state index is -0.458. The lowest BCUT2D eigenvalue weighted by molar-refractivity contribution is 0.00619. The quantitative estimate of drug-likeness (QED) is 0.764. The molecule has 0 aliphatic carbocycles. The average Bonchev–Trinajstić information content (AvgIpc) is 2.69. The fourth-order valence-electron chi connectivity index (χ4n) is 3.74. The number of hydrogen-bond acceptors (Lipinski definition) is 4. The number of hydrogen-bond donors (Lipinski definition) is 2. The molecule has 0 bridgehead atoms. The minimum absolute atomic E-state index is 0.105. The summed E-state index contributed by atoms with van der Waals surface area (Å²) in [6.45, 7) is 3.61. The van der Waals surface area contributed by atoms with Gasteiger partial charge in [-0.15, -0.1) is 0 Å². The average molecular weight is 355 g/mol. The Labute approximate surface area is 156 Å². The Morgan fingerprint density at radius 3 is 2.42 bits per heavy atom. The van der Waals surface area contributed by atoms with Crippen LogP contribution in [0.4, 0.5) is 0 Å². The molecule has 26 heavy (non-hydrogen) atoms. The van der Waals surface area contributed by atoms with Gasteiger partial charge in [0, 0.05) is 6.54 Å². The van der Waals surface area contributed by atoms with E-state index in [-0.39, 0.29) is 6.61 Å². The first kappa shape index (κ1) is 19.1. The highest BCUT2D eigenvalue weighted by atomic mass is 16.5. The van der Waals surface area contributed by atoms with E-state index in [4.69, 9.17) is 4.74 Å². The number of nitrogens with zero attached hydrogens (tertiary/aromatic N) is 1. The molecular weight excluding hydrogens is 326 g/mol. The molecule has 3 rings (SSSR count). The monoisotopic (exact) mass is 355 g/mol. The first-order valence-corrected chi connectivity index (χ1v) is 9.47. The van der Waals surface area contributed by atoms with E-state index < -0.39 is 6.10 Å². The van der Waals surface area contributed by atoms with Gasteiger partial charge in [-0.3, -0.25) is 0 Å². The third-order valence-electron chi connectivity index (χ3n) is 5.14. The Kier molecular flexibility index (Phi) is 7.21. The topological polar surface area (TPSA) is 52.9 Å². The lowest BCUT2D eigenvalue weighted by atomic mass is 9.86. The van der Waals surface area contributed by atoms with Gasteiger partial charge in [0.05, 0.1) is 25.9 Å². The summed E-state index contributed by atoms with van der Waals surface area (Å²) in [6, 6.07) is 18.2. The molecule has 1 saturated heterocycles. The van der Waals surface area contributed by atoms with Crippen molar-refractivity contribution < 1.29 is 14.9 Å². The number of β-amino-alcohol motifs (C(OH)–C–C–N with tert-alkyl or cyclic N) is 1. The van der Waals surface area contributed by atoms with Gasteiger partial charge >= 0.3 is 0 Å². The maximum atomic E-state index is 10.2. The van der Waals surface area contributed by atoms with E-state index >= 15 is 0 Å². The second kappa shape index (κ2) is 9.83. The highest BCUT2D eigenvalue weighted by Gasteiger charge is 2.23. The minimum Gasteiger partial charge on any atom is -0.392 e. The summed E-state index contributed by atoms with van der Waals surface area (Å²) in [6.07, 6.45) is 1.67. The summed E-state index contributed by atoms with van der Waals surface area (Å²) < 4.78 is 5.64. The molecule has 4 heteroatoms. The van der Waals surface area contributed by atoms with E-state index in [1.165, 1.54) is 5.56 Å². The lowest BCUT2D eigenvalue weighted by Gasteiger charge is -2.34. The Morgan fingerprint density at radius 1 is 1.00 bits per heavy atom. The van der Waals surface area contributed by atoms with Crippen LogP contribution < -0.4 is 0 Å². The lowest BCUT2D eigenvalue weighted by Crippen LogP contribution is -2.40. The van der Waals surface area contributed by atoms with Crippen LogP contribution in [0.1, 0.15) is 35.4 Å². The maximum Gasteiger partial charge on any atom is 0.0900 e. The van der Waals surface area contributed by atoms with Gasteiger partial charge in [0.1, 0.15) is 0 Å². The molecular formula is C22H29NO3. The Balaban J connectivity index is 1.39. The second-order valence-electron chi connectivity index (χ2n) is 7.09. The van der Waals surface area contributed by atoms with Crippen LogP contribution in [0.2, 0.25) is 0 Å². The molecule has 2 aromatic carbocycles. The fourth-order valence-corrected chi connectivity index (χ4v) is 3.74. The highest BCUT2D eigenvalue weighted by molar-refractivity contribution is 5.30. The third-order valence-corrected chi connectivity index (χ3v) is 5.14. The van der Waals surface area contributed by atoms with Gasteiger partial charge in [0.15, 0.2) is 0 Å². The summed E-state index contributed by atoms with van der Waals surface area (Å²) >= 11 is 0. The fraction of sp³-hybridized carbons (Fsp3) is 0.455. The SMILES string of the molecule is OCc1ccccc1C1CCN(CC(O)COCc2ccccc2)CC1. The van der Waals surface area contributed by atoms with E-state index in [1.807, 2.05) is 42.5 Å². The first-order chi connectivity index (χ1) is 12.8. The molecule has 1 heterocycles. The number of benzene rings is 2. The zero-order valence-corrected chi connectivity index (χ0v) is 15.3. The summed E-state index contributed by atoms with van der Waals surface area (Å²) in [4.78, 5) is 2.31. The largest absolute Gasteiger partial charge is 0.392 e. The Morgan fingerprint density at radius 2 is 1.69 bits per heavy atom. The van der Waals surface area contributed by atoms with Crippen LogP contribution in [0.5, 0.6) is 0 Å². The van der Waals surface area contributed by atoms with Crippen LogP contribution in [0.25, 0.3) is 0 Å². The number of aliphatic hydroxyl groups excluding tert-OH is 2. The second-order valence-corrected chi connectivity index (χ2v) is 7.09. The van der Waals surface area contributed by atoms with Gasteiger partial charge in [0.2, 0.25) is 0 Å². The van der Waals surface area contributed by atoms with Crippen LogP contribution in [-0.4, -0.2) is 47.5 Å². The van der Waals surface area contributed by atoms with Crippen LogP contribution in [0.15, 0.2) is 54.6 Å². The van der Waals surface area contributed by atoms with Gasteiger partial charge in [-0.2, -0.15) is 0 Å². The van der Waals surface area contributed by atoms with Crippen molar-refractivity contribution in [3.05, 3.63) is 71.3 Å². The van der Waals surface area contributed by atoms with Crippen molar-refractivity contribution in [1.82, 2.24) is 4.90 Å². The number of ether oxygens (including phenoxy) is 1. The smallest absolute Gasteiger partial charge is 0.0900 e. The molecule has 1 aliphatic heterocycles. The molecule has 0 amide bonds. The van der Waals surface area contributed by atoms with Gasteiger partial charge in [-0.1, -0.05) is 54.6 Å². The molecule has 2 N–H and O–H groups in total.